The van der Waals surface area contributed by atoms with E-state index in [2.05, 4.69) is 34.6 Å². The Kier molecular flexibility index (Phi) is 7.78. The van der Waals surface area contributed by atoms with Gasteiger partial charge < -0.3 is 10.1 Å². The fourth-order valence-corrected chi connectivity index (χ4v) is 4.92. The van der Waals surface area contributed by atoms with Gasteiger partial charge in [-0.25, -0.2) is 0 Å². The van der Waals surface area contributed by atoms with Gasteiger partial charge in [0.2, 0.25) is 0 Å². The van der Waals surface area contributed by atoms with Gasteiger partial charge in [0.25, 0.3) is 5.91 Å². The minimum absolute atomic E-state index is 0.220. The molecule has 0 saturated heterocycles. The molecule has 1 N–H and O–H groups in total. The van der Waals surface area contributed by atoms with Crippen LogP contribution >= 0.6 is 23.4 Å². The van der Waals surface area contributed by atoms with Gasteiger partial charge >= 0.3 is 0 Å². The Morgan fingerprint density at radius 2 is 1.86 bits per heavy atom. The molecule has 1 heterocycles. The van der Waals surface area contributed by atoms with Gasteiger partial charge in [0.05, 0.1) is 18.8 Å². The molecule has 1 unspecified atom stereocenters. The number of ether oxygens (including phenoxy) is 1. The normalized spacial score (nSPS) is 11.8. The largest absolute Gasteiger partial charge is 0.497 e. The Bertz CT molecular complexity index is 1350. The molecule has 6 nitrogen and oxygen atoms in total. The van der Waals surface area contributed by atoms with Gasteiger partial charge in [-0.3, -0.25) is 9.36 Å². The second-order valence-corrected chi connectivity index (χ2v) is 9.63. The highest BCUT2D eigenvalue weighted by atomic mass is 35.5. The number of aryl methyl sites for hydroxylation is 2. The number of rotatable bonds is 8. The van der Waals surface area contributed by atoms with E-state index < -0.39 is 6.04 Å². The number of aromatic nitrogens is 3. The van der Waals surface area contributed by atoms with Gasteiger partial charge in [-0.15, -0.1) is 10.2 Å². The van der Waals surface area contributed by atoms with Crippen LogP contribution in [0.5, 0.6) is 5.75 Å². The molecule has 1 aromatic heterocycles. The summed E-state index contributed by atoms with van der Waals surface area (Å²) in [7, 11) is 1.57. The maximum atomic E-state index is 13.0. The number of nitrogens with zero attached hydrogens (tertiary/aromatic N) is 3. The molecule has 0 fully saturated rings. The predicted molar refractivity (Wildman–Crippen MR) is 141 cm³/mol. The van der Waals surface area contributed by atoms with Crippen molar-refractivity contribution in [2.24, 2.45) is 0 Å². The molecule has 180 valence electrons. The van der Waals surface area contributed by atoms with E-state index in [1.807, 2.05) is 48.7 Å². The van der Waals surface area contributed by atoms with Crippen LogP contribution in [-0.4, -0.2) is 27.8 Å². The van der Waals surface area contributed by atoms with Crippen LogP contribution in [0.15, 0.2) is 71.9 Å². The summed E-state index contributed by atoms with van der Waals surface area (Å²) in [4.78, 5) is 13.0. The monoisotopic (exact) mass is 506 g/mol. The lowest BCUT2D eigenvalue weighted by molar-refractivity contribution is 0.0937. The van der Waals surface area contributed by atoms with Gasteiger partial charge in [0.1, 0.15) is 5.75 Å². The number of halogens is 1. The molecule has 8 heteroatoms. The lowest BCUT2D eigenvalue weighted by atomic mass is 10.1. The molecule has 0 spiro atoms. The van der Waals surface area contributed by atoms with Crippen molar-refractivity contribution in [1.82, 2.24) is 20.1 Å². The van der Waals surface area contributed by atoms with Crippen molar-refractivity contribution in [3.63, 3.8) is 0 Å². The summed E-state index contributed by atoms with van der Waals surface area (Å²) in [5.74, 6) is 1.77. The van der Waals surface area contributed by atoms with E-state index in [9.17, 15) is 4.79 Å². The third kappa shape index (κ3) is 5.69. The molecule has 1 amide bonds. The van der Waals surface area contributed by atoms with E-state index >= 15 is 0 Å². The number of hydrogen-bond acceptors (Lipinski definition) is 5. The molecule has 0 aliphatic rings. The first-order chi connectivity index (χ1) is 16.9. The number of methoxy groups -OCH3 is 1. The molecular formula is C27H27ClN4O2S. The van der Waals surface area contributed by atoms with E-state index in [-0.39, 0.29) is 5.91 Å². The number of thioether (sulfide) groups is 1. The van der Waals surface area contributed by atoms with E-state index in [4.69, 9.17) is 16.3 Å². The SMILES string of the molecule is COc1cccc(C(=O)NC(C)c2nnc(SCc3ccccc3C)n2-c2cc(Cl)ccc2C)c1. The minimum atomic E-state index is -0.410. The number of carbonyl (C=O) groups is 1. The fourth-order valence-electron chi connectivity index (χ4n) is 3.73. The summed E-state index contributed by atoms with van der Waals surface area (Å²) in [5.41, 5.74) is 4.88. The number of carbonyl (C=O) groups excluding carboxylic acids is 1. The zero-order valence-corrected chi connectivity index (χ0v) is 21.7. The Balaban J connectivity index is 1.67. The van der Waals surface area contributed by atoms with E-state index in [1.54, 1.807) is 43.1 Å². The molecule has 1 atom stereocenters. The molecule has 0 saturated carbocycles. The first kappa shape index (κ1) is 24.8. The number of amides is 1. The molecule has 0 aliphatic heterocycles. The van der Waals surface area contributed by atoms with Gasteiger partial charge in [0, 0.05) is 16.3 Å². The van der Waals surface area contributed by atoms with Crippen LogP contribution in [0.4, 0.5) is 0 Å². The predicted octanol–water partition coefficient (Wildman–Crippen LogP) is 6.33. The molecule has 4 aromatic rings. The van der Waals surface area contributed by atoms with E-state index in [1.165, 1.54) is 11.1 Å². The first-order valence-corrected chi connectivity index (χ1v) is 12.6. The van der Waals surface area contributed by atoms with Crippen molar-refractivity contribution in [3.05, 3.63) is 99.8 Å². The smallest absolute Gasteiger partial charge is 0.251 e. The summed E-state index contributed by atoms with van der Waals surface area (Å²) in [5, 5.41) is 13.4. The van der Waals surface area contributed by atoms with Gasteiger partial charge in [-0.1, -0.05) is 59.8 Å². The molecular weight excluding hydrogens is 480 g/mol. The maximum absolute atomic E-state index is 13.0. The van der Waals surface area contributed by atoms with Gasteiger partial charge in [-0.2, -0.15) is 0 Å². The van der Waals surface area contributed by atoms with Crippen LogP contribution in [0, 0.1) is 13.8 Å². The molecule has 35 heavy (non-hydrogen) atoms. The quantitative estimate of drug-likeness (QED) is 0.283. The van der Waals surface area contributed by atoms with Gasteiger partial charge in [0.15, 0.2) is 11.0 Å². The molecule has 4 rings (SSSR count). The van der Waals surface area contributed by atoms with E-state index in [0.29, 0.717) is 22.2 Å². The highest BCUT2D eigenvalue weighted by Crippen LogP contribution is 2.31. The van der Waals surface area contributed by atoms with Crippen LogP contribution in [0.3, 0.4) is 0 Å². The van der Waals surface area contributed by atoms with Crippen LogP contribution < -0.4 is 10.1 Å². The van der Waals surface area contributed by atoms with Crippen LogP contribution in [0.25, 0.3) is 5.69 Å². The van der Waals surface area contributed by atoms with Crippen LogP contribution in [-0.2, 0) is 5.75 Å². The first-order valence-electron chi connectivity index (χ1n) is 11.2. The van der Waals surface area contributed by atoms with Crippen molar-refractivity contribution in [1.29, 1.82) is 0 Å². The summed E-state index contributed by atoms with van der Waals surface area (Å²) in [6, 6.07) is 20.7. The van der Waals surface area contributed by atoms with E-state index in [0.717, 1.165) is 22.2 Å². The highest BCUT2D eigenvalue weighted by molar-refractivity contribution is 7.98. The second-order valence-electron chi connectivity index (χ2n) is 8.25. The maximum Gasteiger partial charge on any atom is 0.251 e. The standard InChI is InChI=1S/C27H27ClN4O2S/c1-17-8-5-6-9-21(17)16-35-27-31-30-25(32(27)24-15-22(28)13-12-18(24)2)19(3)29-26(33)20-10-7-11-23(14-20)34-4/h5-15,19H,16H2,1-4H3,(H,29,33). The average molecular weight is 507 g/mol. The number of nitrogens with one attached hydrogen (secondary N) is 1. The van der Waals surface area contributed by atoms with Crippen LogP contribution in [0.2, 0.25) is 5.02 Å². The summed E-state index contributed by atoms with van der Waals surface area (Å²) >= 11 is 7.96. The number of hydrogen-bond donors (Lipinski definition) is 1. The summed E-state index contributed by atoms with van der Waals surface area (Å²) in [6.45, 7) is 6.02. The second kappa shape index (κ2) is 11.0. The lowest BCUT2D eigenvalue weighted by Gasteiger charge is -2.18. The van der Waals surface area contributed by atoms with Crippen molar-refractivity contribution >= 4 is 29.3 Å². The van der Waals surface area contributed by atoms with Crippen LogP contribution in [0.1, 0.15) is 45.8 Å². The third-order valence-corrected chi connectivity index (χ3v) is 6.97. The van der Waals surface area contributed by atoms with Crippen molar-refractivity contribution in [2.45, 2.75) is 37.7 Å². The molecule has 0 radical (unpaired) electrons. The Morgan fingerprint density at radius 3 is 2.63 bits per heavy atom. The molecule has 0 aliphatic carbocycles. The highest BCUT2D eigenvalue weighted by Gasteiger charge is 2.23. The summed E-state index contributed by atoms with van der Waals surface area (Å²) in [6.07, 6.45) is 0. The Labute approximate surface area is 214 Å². The average Bonchev–Trinajstić information content (AvgIpc) is 3.29. The van der Waals surface area contributed by atoms with Gasteiger partial charge in [-0.05, 0) is 67.8 Å². The zero-order valence-electron chi connectivity index (χ0n) is 20.1. The number of benzene rings is 3. The lowest BCUT2D eigenvalue weighted by Crippen LogP contribution is -2.28. The third-order valence-electron chi connectivity index (χ3n) is 5.76. The Morgan fingerprint density at radius 1 is 1.06 bits per heavy atom. The van der Waals surface area contributed by atoms with Crippen molar-refractivity contribution in [2.75, 3.05) is 7.11 Å². The molecule has 3 aromatic carbocycles. The zero-order chi connectivity index (χ0) is 24.9. The Hall–Kier alpha value is -3.29. The summed E-state index contributed by atoms with van der Waals surface area (Å²) < 4.78 is 7.24. The molecule has 0 bridgehead atoms. The van der Waals surface area contributed by atoms with Crippen molar-refractivity contribution < 1.29 is 9.53 Å². The minimum Gasteiger partial charge on any atom is -0.497 e. The topological polar surface area (TPSA) is 69.0 Å². The fraction of sp³-hybridized carbons (Fsp3) is 0.222. The van der Waals surface area contributed by atoms with Crippen molar-refractivity contribution in [3.8, 4) is 11.4 Å².